The summed E-state index contributed by atoms with van der Waals surface area (Å²) in [5.41, 5.74) is 0. The van der Waals surface area contributed by atoms with E-state index in [-0.39, 0.29) is 12.9 Å². The zero-order chi connectivity index (χ0) is 9.40. The molecule has 4 nitrogen and oxygen atoms in total. The highest BCUT2D eigenvalue weighted by Gasteiger charge is 1.99. The highest BCUT2D eigenvalue weighted by Crippen LogP contribution is 1.90. The molecule has 12 heavy (non-hydrogen) atoms. The van der Waals surface area contributed by atoms with Gasteiger partial charge in [-0.2, -0.15) is 0 Å². The van der Waals surface area contributed by atoms with Crippen LogP contribution in [-0.2, 0) is 19.0 Å². The Hall–Kier alpha value is -0.870. The third-order valence-corrected chi connectivity index (χ3v) is 1.18. The Balaban J connectivity index is 3.21. The number of methoxy groups -OCH3 is 1. The van der Waals surface area contributed by atoms with Gasteiger partial charge in [0.2, 0.25) is 0 Å². The van der Waals surface area contributed by atoms with E-state index in [0.717, 1.165) is 6.08 Å². The van der Waals surface area contributed by atoms with Crippen LogP contribution in [-0.4, -0.2) is 32.6 Å². The van der Waals surface area contributed by atoms with E-state index in [4.69, 9.17) is 9.47 Å². The second-order valence-corrected chi connectivity index (χ2v) is 2.05. The second kappa shape index (κ2) is 6.82. The predicted molar refractivity (Wildman–Crippen MR) is 43.6 cm³/mol. The minimum atomic E-state index is -0.441. The summed E-state index contributed by atoms with van der Waals surface area (Å²) in [7, 11) is 1.54. The predicted octanol–water partition coefficient (Wildman–Crippen LogP) is 0.725. The number of esters is 1. The van der Waals surface area contributed by atoms with Crippen LogP contribution in [0.1, 0.15) is 6.92 Å². The number of carbonyl (C=O) groups excluding carboxylic acids is 1. The first-order valence-corrected chi connectivity index (χ1v) is 3.64. The summed E-state index contributed by atoms with van der Waals surface area (Å²) in [5, 5.41) is 0. The molecule has 0 aliphatic heterocycles. The SMILES string of the molecule is C=CC(=O)OCCOC(C)OC. The highest BCUT2D eigenvalue weighted by molar-refractivity contribution is 5.81. The van der Waals surface area contributed by atoms with E-state index in [1.54, 1.807) is 14.0 Å². The van der Waals surface area contributed by atoms with Crippen molar-refractivity contribution in [3.05, 3.63) is 12.7 Å². The molecule has 70 valence electrons. The number of hydrogen-bond donors (Lipinski definition) is 0. The maximum Gasteiger partial charge on any atom is 0.330 e. The van der Waals surface area contributed by atoms with Crippen molar-refractivity contribution in [3.8, 4) is 0 Å². The van der Waals surface area contributed by atoms with Gasteiger partial charge in [-0.15, -0.1) is 0 Å². The van der Waals surface area contributed by atoms with Gasteiger partial charge in [0.1, 0.15) is 6.61 Å². The summed E-state index contributed by atoms with van der Waals surface area (Å²) in [5.74, 6) is -0.441. The van der Waals surface area contributed by atoms with Crippen LogP contribution in [0.25, 0.3) is 0 Å². The lowest BCUT2D eigenvalue weighted by molar-refractivity contribution is -0.147. The first-order valence-electron chi connectivity index (χ1n) is 3.64. The fourth-order valence-corrected chi connectivity index (χ4v) is 0.483. The molecule has 0 aromatic heterocycles. The van der Waals surface area contributed by atoms with Gasteiger partial charge in [0.05, 0.1) is 6.61 Å². The number of carbonyl (C=O) groups is 1. The molecule has 1 atom stereocenters. The molecular weight excluding hydrogens is 160 g/mol. The Kier molecular flexibility index (Phi) is 6.32. The van der Waals surface area contributed by atoms with E-state index in [0.29, 0.717) is 6.61 Å². The molecule has 0 spiro atoms. The molecule has 0 aliphatic rings. The summed E-state index contributed by atoms with van der Waals surface area (Å²) < 4.78 is 14.5. The van der Waals surface area contributed by atoms with Crippen LogP contribution in [0.2, 0.25) is 0 Å². The molecule has 0 N–H and O–H groups in total. The van der Waals surface area contributed by atoms with Crippen molar-refractivity contribution in [3.63, 3.8) is 0 Å². The standard InChI is InChI=1S/C8H14O4/c1-4-8(9)12-6-5-11-7(2)10-3/h4,7H,1,5-6H2,2-3H3. The molecule has 0 fully saturated rings. The van der Waals surface area contributed by atoms with Crippen LogP contribution in [0, 0.1) is 0 Å². The van der Waals surface area contributed by atoms with Gasteiger partial charge >= 0.3 is 5.97 Å². The average Bonchev–Trinajstić information content (AvgIpc) is 2.11. The number of hydrogen-bond acceptors (Lipinski definition) is 4. The molecule has 1 unspecified atom stereocenters. The van der Waals surface area contributed by atoms with Gasteiger partial charge < -0.3 is 14.2 Å². The van der Waals surface area contributed by atoms with Gasteiger partial charge in [0.15, 0.2) is 6.29 Å². The van der Waals surface area contributed by atoms with E-state index in [9.17, 15) is 4.79 Å². The second-order valence-electron chi connectivity index (χ2n) is 2.05. The molecule has 0 saturated heterocycles. The van der Waals surface area contributed by atoms with E-state index in [1.165, 1.54) is 0 Å². The van der Waals surface area contributed by atoms with E-state index >= 15 is 0 Å². The maximum absolute atomic E-state index is 10.5. The summed E-state index contributed by atoms with van der Waals surface area (Å²) in [6, 6.07) is 0. The lowest BCUT2D eigenvalue weighted by atomic mass is 10.6. The molecule has 0 heterocycles. The minimum absolute atomic E-state index is 0.221. The van der Waals surface area contributed by atoms with Crippen LogP contribution in [0.5, 0.6) is 0 Å². The third kappa shape index (κ3) is 5.88. The van der Waals surface area contributed by atoms with Gasteiger partial charge in [0.25, 0.3) is 0 Å². The topological polar surface area (TPSA) is 44.8 Å². The lowest BCUT2D eigenvalue weighted by Crippen LogP contribution is -2.15. The van der Waals surface area contributed by atoms with Crippen molar-refractivity contribution in [2.24, 2.45) is 0 Å². The van der Waals surface area contributed by atoms with Crippen molar-refractivity contribution in [1.29, 1.82) is 0 Å². The lowest BCUT2D eigenvalue weighted by Gasteiger charge is -2.10. The maximum atomic E-state index is 10.5. The molecular formula is C8H14O4. The summed E-state index contributed by atoms with van der Waals surface area (Å²) in [6.07, 6.45) is 0.840. The largest absolute Gasteiger partial charge is 0.460 e. The Bertz CT molecular complexity index is 144. The molecule has 0 aliphatic carbocycles. The van der Waals surface area contributed by atoms with Gasteiger partial charge in [0, 0.05) is 13.2 Å². The molecule has 0 saturated carbocycles. The quantitative estimate of drug-likeness (QED) is 0.257. The first-order chi connectivity index (χ1) is 5.70. The molecule has 0 aromatic rings. The van der Waals surface area contributed by atoms with Crippen molar-refractivity contribution >= 4 is 5.97 Å². The Morgan fingerprint density at radius 2 is 2.25 bits per heavy atom. The molecule has 0 radical (unpaired) electrons. The van der Waals surface area contributed by atoms with Crippen LogP contribution in [0.15, 0.2) is 12.7 Å². The molecule has 0 aromatic carbocycles. The molecule has 4 heteroatoms. The van der Waals surface area contributed by atoms with Gasteiger partial charge in [-0.3, -0.25) is 0 Å². The van der Waals surface area contributed by atoms with Gasteiger partial charge in [-0.25, -0.2) is 4.79 Å². The monoisotopic (exact) mass is 174 g/mol. The van der Waals surface area contributed by atoms with Crippen molar-refractivity contribution in [2.45, 2.75) is 13.2 Å². The van der Waals surface area contributed by atoms with E-state index < -0.39 is 5.97 Å². The average molecular weight is 174 g/mol. The van der Waals surface area contributed by atoms with Crippen LogP contribution < -0.4 is 0 Å². The normalized spacial score (nSPS) is 12.2. The summed E-state index contributed by atoms with van der Waals surface area (Å²) >= 11 is 0. The molecule has 0 bridgehead atoms. The third-order valence-electron chi connectivity index (χ3n) is 1.18. The Labute approximate surface area is 72.1 Å². The zero-order valence-electron chi connectivity index (χ0n) is 7.41. The van der Waals surface area contributed by atoms with Crippen LogP contribution in [0.4, 0.5) is 0 Å². The van der Waals surface area contributed by atoms with Crippen LogP contribution >= 0.6 is 0 Å². The van der Waals surface area contributed by atoms with Crippen molar-refractivity contribution < 1.29 is 19.0 Å². The first kappa shape index (κ1) is 11.1. The smallest absolute Gasteiger partial charge is 0.330 e. The zero-order valence-corrected chi connectivity index (χ0v) is 7.41. The van der Waals surface area contributed by atoms with Crippen LogP contribution in [0.3, 0.4) is 0 Å². The van der Waals surface area contributed by atoms with Crippen molar-refractivity contribution in [2.75, 3.05) is 20.3 Å². The fraction of sp³-hybridized carbons (Fsp3) is 0.625. The Morgan fingerprint density at radius 1 is 1.58 bits per heavy atom. The summed E-state index contributed by atoms with van der Waals surface area (Å²) in [4.78, 5) is 10.5. The Morgan fingerprint density at radius 3 is 2.75 bits per heavy atom. The van der Waals surface area contributed by atoms with Crippen molar-refractivity contribution in [1.82, 2.24) is 0 Å². The summed E-state index contributed by atoms with van der Waals surface area (Å²) in [6.45, 7) is 5.56. The van der Waals surface area contributed by atoms with Gasteiger partial charge in [-0.1, -0.05) is 6.58 Å². The van der Waals surface area contributed by atoms with E-state index in [1.807, 2.05) is 0 Å². The minimum Gasteiger partial charge on any atom is -0.460 e. The molecule has 0 rings (SSSR count). The number of rotatable bonds is 6. The highest BCUT2D eigenvalue weighted by atomic mass is 16.7. The van der Waals surface area contributed by atoms with E-state index in [2.05, 4.69) is 11.3 Å². The fourth-order valence-electron chi connectivity index (χ4n) is 0.483. The molecule has 0 amide bonds. The van der Waals surface area contributed by atoms with Gasteiger partial charge in [-0.05, 0) is 6.92 Å². The number of ether oxygens (including phenoxy) is 3.